The average Bonchev–Trinajstić information content (AvgIpc) is 2.64. The summed E-state index contributed by atoms with van der Waals surface area (Å²) in [5, 5.41) is 17.5. The largest absolute Gasteiger partial charge is 0.388 e. The minimum absolute atomic E-state index is 0.579. The van der Waals surface area contributed by atoms with E-state index in [1.807, 2.05) is 49.4 Å². The van der Waals surface area contributed by atoms with Crippen LogP contribution in [0.5, 0.6) is 5.75 Å². The van der Waals surface area contributed by atoms with E-state index in [1.54, 1.807) is 6.26 Å². The maximum atomic E-state index is 8.86. The lowest BCUT2D eigenvalue weighted by molar-refractivity contribution is 0.503. The Labute approximate surface area is 141 Å². The van der Waals surface area contributed by atoms with E-state index >= 15 is 0 Å². The van der Waals surface area contributed by atoms with E-state index in [1.165, 1.54) is 0 Å². The molecule has 24 heavy (non-hydrogen) atoms. The molecule has 0 spiro atoms. The van der Waals surface area contributed by atoms with Gasteiger partial charge in [0.15, 0.2) is 0 Å². The zero-order valence-corrected chi connectivity index (χ0v) is 13.2. The smallest absolute Gasteiger partial charge is 0.292 e. The number of ether oxygens (including phenoxy) is 1. The van der Waals surface area contributed by atoms with Crippen LogP contribution in [-0.2, 0) is 0 Å². The molecule has 0 N–H and O–H groups in total. The van der Waals surface area contributed by atoms with Crippen molar-refractivity contribution >= 4 is 0 Å². The first-order chi connectivity index (χ1) is 11.7. The molecule has 0 radical (unpaired) electrons. The van der Waals surface area contributed by atoms with Crippen LogP contribution in [0.4, 0.5) is 0 Å². The first kappa shape index (κ1) is 15.3. The number of nitriles is 2. The number of benzene rings is 3. The summed E-state index contributed by atoms with van der Waals surface area (Å²) in [5.41, 5.74) is 5.93. The molecule has 0 unspecified atom stereocenters. The van der Waals surface area contributed by atoms with Crippen LogP contribution in [0, 0.1) is 29.8 Å². The van der Waals surface area contributed by atoms with Gasteiger partial charge in [-0.15, -0.1) is 5.26 Å². The van der Waals surface area contributed by atoms with Crippen LogP contribution in [-0.4, -0.2) is 0 Å². The Morgan fingerprint density at radius 1 is 0.708 bits per heavy atom. The summed E-state index contributed by atoms with van der Waals surface area (Å²) in [5.74, 6) is 0.579. The molecule has 3 rings (SSSR count). The lowest BCUT2D eigenvalue weighted by Crippen LogP contribution is -1.87. The molecule has 0 saturated carbocycles. The van der Waals surface area contributed by atoms with Gasteiger partial charge in [0.2, 0.25) is 0 Å². The van der Waals surface area contributed by atoms with Gasteiger partial charge >= 0.3 is 0 Å². The number of rotatable bonds is 3. The van der Waals surface area contributed by atoms with Crippen molar-refractivity contribution in [2.45, 2.75) is 6.92 Å². The maximum absolute atomic E-state index is 8.86. The van der Waals surface area contributed by atoms with Crippen molar-refractivity contribution in [3.05, 3.63) is 77.9 Å². The van der Waals surface area contributed by atoms with Crippen molar-refractivity contribution in [1.82, 2.24) is 0 Å². The predicted molar refractivity (Wildman–Crippen MR) is 93.0 cm³/mol. The number of hydrogen-bond acceptors (Lipinski definition) is 3. The lowest BCUT2D eigenvalue weighted by Gasteiger charge is -2.08. The Hall–Kier alpha value is -3.56. The van der Waals surface area contributed by atoms with Crippen LogP contribution >= 0.6 is 0 Å². The molecule has 0 amide bonds. The van der Waals surface area contributed by atoms with E-state index in [4.69, 9.17) is 15.3 Å². The van der Waals surface area contributed by atoms with Crippen molar-refractivity contribution in [3.63, 3.8) is 0 Å². The van der Waals surface area contributed by atoms with E-state index in [2.05, 4.69) is 30.3 Å². The molecule has 3 aromatic rings. The van der Waals surface area contributed by atoms with E-state index < -0.39 is 0 Å². The molecule has 3 aromatic carbocycles. The van der Waals surface area contributed by atoms with Gasteiger partial charge in [0.1, 0.15) is 5.75 Å². The lowest BCUT2D eigenvalue weighted by atomic mass is 9.98. The van der Waals surface area contributed by atoms with Crippen molar-refractivity contribution in [3.8, 4) is 40.3 Å². The minimum atomic E-state index is 0.579. The predicted octanol–water partition coefficient (Wildman–Crippen LogP) is 5.06. The van der Waals surface area contributed by atoms with E-state index in [9.17, 15) is 0 Å². The fraction of sp³-hybridized carbons (Fsp3) is 0.0476. The van der Waals surface area contributed by atoms with Gasteiger partial charge in [-0.25, -0.2) is 0 Å². The third kappa shape index (κ3) is 3.11. The molecular formula is C21H14N2O. The van der Waals surface area contributed by atoms with E-state index in [-0.39, 0.29) is 0 Å². The van der Waals surface area contributed by atoms with Gasteiger partial charge in [0.25, 0.3) is 6.26 Å². The van der Waals surface area contributed by atoms with E-state index in [0.29, 0.717) is 11.3 Å². The first-order valence-electron chi connectivity index (χ1n) is 7.49. The normalized spacial score (nSPS) is 9.79. The third-order valence-electron chi connectivity index (χ3n) is 3.90. The highest BCUT2D eigenvalue weighted by atomic mass is 16.5. The van der Waals surface area contributed by atoms with Gasteiger partial charge in [-0.3, -0.25) is 0 Å². The Morgan fingerprint density at radius 2 is 1.21 bits per heavy atom. The second-order valence-corrected chi connectivity index (χ2v) is 5.44. The van der Waals surface area contributed by atoms with E-state index in [0.717, 1.165) is 27.8 Å². The van der Waals surface area contributed by atoms with Gasteiger partial charge < -0.3 is 4.74 Å². The van der Waals surface area contributed by atoms with Crippen LogP contribution < -0.4 is 4.74 Å². The molecule has 114 valence electrons. The maximum Gasteiger partial charge on any atom is 0.292 e. The zero-order chi connectivity index (χ0) is 16.9. The Balaban J connectivity index is 1.88. The topological polar surface area (TPSA) is 56.8 Å². The van der Waals surface area contributed by atoms with Crippen molar-refractivity contribution in [1.29, 1.82) is 10.5 Å². The van der Waals surface area contributed by atoms with Crippen molar-refractivity contribution < 1.29 is 4.74 Å². The SMILES string of the molecule is Cc1cc(-c2ccc(-c3ccc(C#N)cc3)cc2)ccc1OC#N. The number of nitrogens with zero attached hydrogens (tertiary/aromatic N) is 2. The highest BCUT2D eigenvalue weighted by molar-refractivity contribution is 5.71. The second kappa shape index (κ2) is 6.69. The summed E-state index contributed by atoms with van der Waals surface area (Å²) >= 11 is 0. The molecule has 0 fully saturated rings. The van der Waals surface area contributed by atoms with Crippen molar-refractivity contribution in [2.24, 2.45) is 0 Å². The molecule has 0 aliphatic heterocycles. The fourth-order valence-corrected chi connectivity index (χ4v) is 2.58. The molecule has 0 aliphatic rings. The molecule has 0 bridgehead atoms. The summed E-state index contributed by atoms with van der Waals surface area (Å²) in [7, 11) is 0. The Bertz CT molecular complexity index is 943. The van der Waals surface area contributed by atoms with Crippen LogP contribution in [0.15, 0.2) is 66.7 Å². The highest BCUT2D eigenvalue weighted by Gasteiger charge is 2.04. The molecule has 0 atom stereocenters. The molecule has 3 nitrogen and oxygen atoms in total. The first-order valence-corrected chi connectivity index (χ1v) is 7.49. The van der Waals surface area contributed by atoms with Crippen LogP contribution in [0.1, 0.15) is 11.1 Å². The van der Waals surface area contributed by atoms with Gasteiger partial charge in [-0.2, -0.15) is 5.26 Å². The number of hydrogen-bond donors (Lipinski definition) is 0. The molecule has 0 aliphatic carbocycles. The Kier molecular flexibility index (Phi) is 4.27. The summed E-state index contributed by atoms with van der Waals surface area (Å²) in [6.45, 7) is 1.92. The second-order valence-electron chi connectivity index (χ2n) is 5.44. The quantitative estimate of drug-likeness (QED) is 0.635. The fourth-order valence-electron chi connectivity index (χ4n) is 2.58. The molecule has 0 heterocycles. The Morgan fingerprint density at radius 3 is 1.71 bits per heavy atom. The standard InChI is InChI=1S/C21H14N2O/c1-15-12-20(10-11-21(15)24-14-23)19-8-6-18(7-9-19)17-4-2-16(13-22)3-5-17/h2-12H,1H3. The minimum Gasteiger partial charge on any atom is -0.388 e. The molecular weight excluding hydrogens is 296 g/mol. The van der Waals surface area contributed by atoms with Gasteiger partial charge in [-0.1, -0.05) is 42.5 Å². The summed E-state index contributed by atoms with van der Waals surface area (Å²) in [6, 6.07) is 23.7. The number of aryl methyl sites for hydroxylation is 1. The summed E-state index contributed by atoms with van der Waals surface area (Å²) in [6.07, 6.45) is 1.70. The zero-order valence-electron chi connectivity index (χ0n) is 13.2. The summed E-state index contributed by atoms with van der Waals surface area (Å²) < 4.78 is 4.91. The summed E-state index contributed by atoms with van der Waals surface area (Å²) in [4.78, 5) is 0. The van der Waals surface area contributed by atoms with Gasteiger partial charge in [-0.05, 0) is 59.0 Å². The average molecular weight is 310 g/mol. The monoisotopic (exact) mass is 310 g/mol. The van der Waals surface area contributed by atoms with Crippen LogP contribution in [0.2, 0.25) is 0 Å². The molecule has 3 heteroatoms. The highest BCUT2D eigenvalue weighted by Crippen LogP contribution is 2.28. The van der Waals surface area contributed by atoms with Crippen LogP contribution in [0.25, 0.3) is 22.3 Å². The third-order valence-corrected chi connectivity index (χ3v) is 3.90. The van der Waals surface area contributed by atoms with Gasteiger partial charge in [0.05, 0.1) is 11.6 Å². The molecule has 0 saturated heterocycles. The van der Waals surface area contributed by atoms with Crippen LogP contribution in [0.3, 0.4) is 0 Å². The molecule has 0 aromatic heterocycles. The van der Waals surface area contributed by atoms with Crippen molar-refractivity contribution in [2.75, 3.05) is 0 Å². The van der Waals surface area contributed by atoms with Gasteiger partial charge in [0, 0.05) is 0 Å².